The normalized spacial score (nSPS) is 18.9. The maximum Gasteiger partial charge on any atom is 0.329 e. The Morgan fingerprint density at radius 1 is 1.03 bits per heavy atom. The number of nitrogens with one attached hydrogen (secondary N) is 1. The number of nitrogens with zero attached hydrogens (tertiary/aromatic N) is 1. The molecule has 4 rings (SSSR count). The van der Waals surface area contributed by atoms with Crippen molar-refractivity contribution in [2.24, 2.45) is 0 Å². The highest BCUT2D eigenvalue weighted by Gasteiger charge is 2.51. The molecule has 3 aromatic rings. The molecule has 1 fully saturated rings. The molecule has 1 unspecified atom stereocenters. The van der Waals surface area contributed by atoms with Crippen LogP contribution in [0, 0.1) is 6.92 Å². The van der Waals surface area contributed by atoms with Gasteiger partial charge in [-0.3, -0.25) is 14.3 Å². The summed E-state index contributed by atoms with van der Waals surface area (Å²) in [5, 5.41) is 2.82. The van der Waals surface area contributed by atoms with E-state index in [4.69, 9.17) is 4.43 Å². The predicted molar refractivity (Wildman–Crippen MR) is 135 cm³/mol. The summed E-state index contributed by atoms with van der Waals surface area (Å²) in [4.78, 5) is 26.3. The highest BCUT2D eigenvalue weighted by Crippen LogP contribution is 2.45. The van der Waals surface area contributed by atoms with Crippen LogP contribution in [-0.2, 0) is 4.43 Å². The van der Waals surface area contributed by atoms with Crippen molar-refractivity contribution >= 4 is 30.5 Å². The molecule has 1 aromatic heterocycles. The van der Waals surface area contributed by atoms with Gasteiger partial charge < -0.3 is 4.43 Å². The van der Waals surface area contributed by atoms with E-state index in [-0.39, 0.29) is 21.7 Å². The molecule has 0 amide bonds. The van der Waals surface area contributed by atoms with Crippen LogP contribution in [0.3, 0.4) is 0 Å². The van der Waals surface area contributed by atoms with Gasteiger partial charge in [-0.2, -0.15) is 0 Å². The second-order valence-corrected chi connectivity index (χ2v) is 15.2. The van der Waals surface area contributed by atoms with Crippen LogP contribution in [0.15, 0.2) is 76.4 Å². The maximum atomic E-state index is 12.2. The first-order valence-electron chi connectivity index (χ1n) is 10.9. The minimum Gasteiger partial charge on any atom is -0.406 e. The van der Waals surface area contributed by atoms with Crippen LogP contribution in [0.5, 0.6) is 0 Å². The second-order valence-electron chi connectivity index (χ2n) is 9.40. The fourth-order valence-corrected chi connectivity index (χ4v) is 10.4. The summed E-state index contributed by atoms with van der Waals surface area (Å²) in [5.41, 5.74) is -0.108. The average Bonchev–Trinajstić information content (AvgIpc) is 2.73. The summed E-state index contributed by atoms with van der Waals surface area (Å²) >= 11 is 1.74. The molecule has 168 valence electrons. The van der Waals surface area contributed by atoms with E-state index in [1.165, 1.54) is 10.4 Å². The van der Waals surface area contributed by atoms with E-state index >= 15 is 0 Å². The van der Waals surface area contributed by atoms with Gasteiger partial charge in [0, 0.05) is 23.6 Å². The summed E-state index contributed by atoms with van der Waals surface area (Å²) < 4.78 is 8.64. The van der Waals surface area contributed by atoms with Crippen molar-refractivity contribution in [3.05, 3.63) is 93.3 Å². The average molecular weight is 467 g/mol. The summed E-state index contributed by atoms with van der Waals surface area (Å²) in [6.45, 7) is 9.18. The number of aromatic nitrogens is 2. The number of hydrogen-bond donors (Lipinski definition) is 1. The van der Waals surface area contributed by atoms with Gasteiger partial charge in [0.15, 0.2) is 0 Å². The molecule has 0 spiro atoms. The number of benzene rings is 2. The third kappa shape index (κ3) is 4.17. The van der Waals surface area contributed by atoms with Gasteiger partial charge in [0.1, 0.15) is 0 Å². The van der Waals surface area contributed by atoms with Crippen LogP contribution in [0.1, 0.15) is 38.1 Å². The van der Waals surface area contributed by atoms with Crippen LogP contribution < -0.4 is 21.6 Å². The molecule has 0 radical (unpaired) electrons. The molecule has 0 bridgehead atoms. The minimum atomic E-state index is -2.55. The maximum absolute atomic E-state index is 12.2. The van der Waals surface area contributed by atoms with Crippen molar-refractivity contribution in [1.82, 2.24) is 9.55 Å². The molecule has 32 heavy (non-hydrogen) atoms. The predicted octanol–water partition coefficient (Wildman–Crippen LogP) is 3.43. The molecule has 2 aromatic carbocycles. The van der Waals surface area contributed by atoms with Gasteiger partial charge in [-0.25, -0.2) is 4.79 Å². The zero-order valence-electron chi connectivity index (χ0n) is 19.0. The Hall–Kier alpha value is -2.35. The molecule has 1 saturated heterocycles. The Morgan fingerprint density at radius 2 is 1.56 bits per heavy atom. The first-order valence-corrected chi connectivity index (χ1v) is 13.8. The Bertz CT molecular complexity index is 1140. The van der Waals surface area contributed by atoms with Crippen LogP contribution in [-0.4, -0.2) is 29.7 Å². The smallest absolute Gasteiger partial charge is 0.329 e. The zero-order valence-corrected chi connectivity index (χ0v) is 20.8. The summed E-state index contributed by atoms with van der Waals surface area (Å²) in [7, 11) is -2.55. The van der Waals surface area contributed by atoms with Gasteiger partial charge >= 0.3 is 5.69 Å². The van der Waals surface area contributed by atoms with Gasteiger partial charge in [0.25, 0.3) is 13.9 Å². The van der Waals surface area contributed by atoms with Crippen molar-refractivity contribution in [2.45, 2.75) is 49.8 Å². The largest absolute Gasteiger partial charge is 0.406 e. The lowest BCUT2D eigenvalue weighted by Crippen LogP contribution is -2.67. The molecule has 0 saturated carbocycles. The zero-order chi connectivity index (χ0) is 22.9. The van der Waals surface area contributed by atoms with Crippen LogP contribution in [0.2, 0.25) is 5.04 Å². The first kappa shape index (κ1) is 22.8. The topological polar surface area (TPSA) is 64.1 Å². The second kappa shape index (κ2) is 8.88. The van der Waals surface area contributed by atoms with Crippen LogP contribution in [0.4, 0.5) is 0 Å². The molecule has 2 heterocycles. The van der Waals surface area contributed by atoms with Crippen molar-refractivity contribution in [2.75, 3.05) is 6.61 Å². The SMILES string of the molecule is Cc1cn(C2C[C@@H](CO[Si](c3ccccc3)(c3ccccc3)C(C)(C)C)S2)c(=O)[nH]c1=O. The monoisotopic (exact) mass is 466 g/mol. The highest BCUT2D eigenvalue weighted by molar-refractivity contribution is 8.01. The van der Waals surface area contributed by atoms with Crippen LogP contribution in [0.25, 0.3) is 0 Å². The molecule has 0 aliphatic carbocycles. The third-order valence-electron chi connectivity index (χ3n) is 6.17. The molecule has 7 heteroatoms. The molecule has 1 aliphatic heterocycles. The van der Waals surface area contributed by atoms with E-state index in [2.05, 4.69) is 74.3 Å². The Kier molecular flexibility index (Phi) is 6.34. The minimum absolute atomic E-state index is 0.0332. The van der Waals surface area contributed by atoms with Gasteiger partial charge in [-0.1, -0.05) is 81.4 Å². The highest BCUT2D eigenvalue weighted by atomic mass is 32.2. The molecule has 1 aliphatic rings. The number of thioether (sulfide) groups is 1. The standard InChI is InChI=1S/C25H30N2O3SSi/c1-18-16-27(24(29)26-23(18)28)22-15-19(31-22)17-30-32(25(2,3)4,20-11-7-5-8-12-20)21-13-9-6-10-14-21/h5-14,16,19,22H,15,17H2,1-4H3,(H,26,28,29)/t19-,22?/m0/s1. The number of aromatic amines is 1. The Morgan fingerprint density at radius 3 is 2.06 bits per heavy atom. The van der Waals surface area contributed by atoms with Gasteiger partial charge in [-0.15, -0.1) is 11.8 Å². The lowest BCUT2D eigenvalue weighted by molar-refractivity contribution is 0.280. The fourth-order valence-electron chi connectivity index (χ4n) is 4.50. The van der Waals surface area contributed by atoms with E-state index < -0.39 is 8.32 Å². The quantitative estimate of drug-likeness (QED) is 0.566. The molecule has 2 atom stereocenters. The number of H-pyrrole nitrogens is 1. The molecular formula is C25H30N2O3SSi. The third-order valence-corrected chi connectivity index (χ3v) is 12.6. The van der Waals surface area contributed by atoms with Gasteiger partial charge in [-0.05, 0) is 28.8 Å². The Labute approximate surface area is 194 Å². The summed E-state index contributed by atoms with van der Waals surface area (Å²) in [6.07, 6.45) is 2.51. The molecule has 5 nitrogen and oxygen atoms in total. The summed E-state index contributed by atoms with van der Waals surface area (Å²) in [6, 6.07) is 21.3. The lowest BCUT2D eigenvalue weighted by Gasteiger charge is -2.45. The molecule has 1 N–H and O–H groups in total. The van der Waals surface area contributed by atoms with Gasteiger partial charge in [0.2, 0.25) is 0 Å². The number of hydrogen-bond acceptors (Lipinski definition) is 4. The molecular weight excluding hydrogens is 436 g/mol. The van der Waals surface area contributed by atoms with E-state index in [1.807, 2.05) is 12.1 Å². The van der Waals surface area contributed by atoms with Crippen molar-refractivity contribution < 1.29 is 4.43 Å². The number of aryl methyl sites for hydroxylation is 1. The number of rotatable bonds is 6. The van der Waals surface area contributed by atoms with Gasteiger partial charge in [0.05, 0.1) is 5.37 Å². The van der Waals surface area contributed by atoms with Crippen molar-refractivity contribution in [3.8, 4) is 0 Å². The summed E-state index contributed by atoms with van der Waals surface area (Å²) in [5.74, 6) is 0. The first-order chi connectivity index (χ1) is 15.2. The van der Waals surface area contributed by atoms with E-state index in [0.29, 0.717) is 17.4 Å². The Balaban J connectivity index is 1.58. The van der Waals surface area contributed by atoms with E-state index in [0.717, 1.165) is 6.42 Å². The lowest BCUT2D eigenvalue weighted by atomic mass is 10.2. The van der Waals surface area contributed by atoms with Crippen molar-refractivity contribution in [1.29, 1.82) is 0 Å². The van der Waals surface area contributed by atoms with E-state index in [9.17, 15) is 9.59 Å². The van der Waals surface area contributed by atoms with Crippen molar-refractivity contribution in [3.63, 3.8) is 0 Å². The van der Waals surface area contributed by atoms with E-state index in [1.54, 1.807) is 29.4 Å². The fraction of sp³-hybridized carbons (Fsp3) is 0.360. The van der Waals surface area contributed by atoms with Crippen LogP contribution >= 0.6 is 11.8 Å².